The molecule has 3 rings (SSSR count). The van der Waals surface area contributed by atoms with Gasteiger partial charge in [0.25, 0.3) is 0 Å². The third-order valence-electron chi connectivity index (χ3n) is 3.36. The summed E-state index contributed by atoms with van der Waals surface area (Å²) in [6.45, 7) is 0. The van der Waals surface area contributed by atoms with E-state index in [0.717, 1.165) is 24.5 Å². The van der Waals surface area contributed by atoms with Gasteiger partial charge in [-0.25, -0.2) is 9.13 Å². The number of rotatable bonds is 4. The van der Waals surface area contributed by atoms with Crippen LogP contribution in [-0.2, 0) is 26.9 Å². The summed E-state index contributed by atoms with van der Waals surface area (Å²) in [6, 6.07) is 8.31. The summed E-state index contributed by atoms with van der Waals surface area (Å²) in [5.41, 5.74) is 2.39. The SMILES string of the molecule is C[n+]1ccc(Cc2nnc(Cc3cc[n+](C)cc3)[n-]2)cc1. The van der Waals surface area contributed by atoms with Gasteiger partial charge in [0.1, 0.15) is 14.1 Å². The van der Waals surface area contributed by atoms with Crippen molar-refractivity contribution in [3.05, 3.63) is 71.8 Å². The van der Waals surface area contributed by atoms with Crippen molar-refractivity contribution in [1.82, 2.24) is 15.2 Å². The molecule has 0 unspecified atom stereocenters. The number of aryl methyl sites for hydroxylation is 2. The second-order valence-corrected chi connectivity index (χ2v) is 5.24. The summed E-state index contributed by atoms with van der Waals surface area (Å²) < 4.78 is 4.02. The topological polar surface area (TPSA) is 47.6 Å². The molecular formula is C16H18N5+. The standard InChI is InChI=1S/C16H18N5/c1-20-7-3-13(4-8-20)11-15-17-16(19-18-15)12-14-5-9-21(2)10-6-14/h3-10H,11-12H2,1-2H3/q+1. The normalized spacial score (nSPS) is 10.8. The quantitative estimate of drug-likeness (QED) is 0.644. The molecule has 5 heteroatoms. The molecule has 106 valence electrons. The van der Waals surface area contributed by atoms with E-state index in [1.807, 2.05) is 48.0 Å². The first-order valence-corrected chi connectivity index (χ1v) is 6.92. The van der Waals surface area contributed by atoms with E-state index in [-0.39, 0.29) is 0 Å². The minimum atomic E-state index is 0.720. The van der Waals surface area contributed by atoms with E-state index in [1.165, 1.54) is 11.1 Å². The molecule has 3 heterocycles. The highest BCUT2D eigenvalue weighted by molar-refractivity contribution is 5.16. The molecule has 5 nitrogen and oxygen atoms in total. The van der Waals surface area contributed by atoms with E-state index in [2.05, 4.69) is 39.4 Å². The zero-order valence-corrected chi connectivity index (χ0v) is 12.3. The lowest BCUT2D eigenvalue weighted by Gasteiger charge is -2.01. The van der Waals surface area contributed by atoms with E-state index in [9.17, 15) is 0 Å². The van der Waals surface area contributed by atoms with E-state index in [1.54, 1.807) is 0 Å². The summed E-state index contributed by atoms with van der Waals surface area (Å²) in [5.74, 6) is 1.56. The molecule has 0 aliphatic heterocycles. The number of hydrogen-bond acceptors (Lipinski definition) is 2. The van der Waals surface area contributed by atoms with E-state index >= 15 is 0 Å². The lowest BCUT2D eigenvalue weighted by molar-refractivity contribution is -0.671. The van der Waals surface area contributed by atoms with Crippen LogP contribution in [0, 0.1) is 0 Å². The first-order chi connectivity index (χ1) is 10.2. The molecule has 0 saturated heterocycles. The molecule has 0 N–H and O–H groups in total. The predicted molar refractivity (Wildman–Crippen MR) is 76.2 cm³/mol. The van der Waals surface area contributed by atoms with Crippen LogP contribution < -0.4 is 14.1 Å². The average molecular weight is 280 g/mol. The molecule has 0 spiro atoms. The van der Waals surface area contributed by atoms with Crippen LogP contribution in [0.3, 0.4) is 0 Å². The van der Waals surface area contributed by atoms with Crippen molar-refractivity contribution in [2.24, 2.45) is 14.1 Å². The number of aromatic nitrogens is 5. The van der Waals surface area contributed by atoms with Crippen molar-refractivity contribution in [3.63, 3.8) is 0 Å². The van der Waals surface area contributed by atoms with Gasteiger partial charge < -0.3 is 15.2 Å². The fraction of sp³-hybridized carbons (Fsp3) is 0.250. The molecule has 0 radical (unpaired) electrons. The smallest absolute Gasteiger partial charge is 0.168 e. The fourth-order valence-corrected chi connectivity index (χ4v) is 2.12. The van der Waals surface area contributed by atoms with E-state index in [0.29, 0.717) is 0 Å². The molecule has 0 saturated carbocycles. The lowest BCUT2D eigenvalue weighted by Crippen LogP contribution is -2.26. The van der Waals surface area contributed by atoms with Crippen LogP contribution in [0.25, 0.3) is 0 Å². The summed E-state index contributed by atoms with van der Waals surface area (Å²) in [6.07, 6.45) is 9.54. The Balaban J connectivity index is 1.68. The Hall–Kier alpha value is -2.56. The molecule has 0 aliphatic carbocycles. The number of hydrogen-bond donors (Lipinski definition) is 0. The molecular weight excluding hydrogens is 262 g/mol. The van der Waals surface area contributed by atoms with Gasteiger partial charge in [0.15, 0.2) is 24.8 Å². The van der Waals surface area contributed by atoms with Gasteiger partial charge in [-0.3, -0.25) is 0 Å². The Morgan fingerprint density at radius 3 is 1.52 bits per heavy atom. The average Bonchev–Trinajstić information content (AvgIpc) is 2.91. The molecule has 0 bridgehead atoms. The van der Waals surface area contributed by atoms with E-state index < -0.39 is 0 Å². The van der Waals surface area contributed by atoms with Gasteiger partial charge in [-0.15, -0.1) is 0 Å². The Morgan fingerprint density at radius 1 is 0.762 bits per heavy atom. The zero-order chi connectivity index (χ0) is 14.7. The van der Waals surface area contributed by atoms with Crippen LogP contribution >= 0.6 is 0 Å². The minimum absolute atomic E-state index is 0.720. The molecule has 0 amide bonds. The summed E-state index contributed by atoms with van der Waals surface area (Å²) in [5, 5.41) is 8.35. The van der Waals surface area contributed by atoms with E-state index in [4.69, 9.17) is 0 Å². The highest BCUT2D eigenvalue weighted by Crippen LogP contribution is 2.06. The summed E-state index contributed by atoms with van der Waals surface area (Å²) in [4.78, 5) is 4.51. The van der Waals surface area contributed by atoms with Gasteiger partial charge >= 0.3 is 0 Å². The summed E-state index contributed by atoms with van der Waals surface area (Å²) in [7, 11) is 4.00. The monoisotopic (exact) mass is 280 g/mol. The molecule has 0 atom stereocenters. The van der Waals surface area contributed by atoms with Crippen LogP contribution in [0.1, 0.15) is 22.8 Å². The van der Waals surface area contributed by atoms with Crippen LogP contribution in [0.2, 0.25) is 0 Å². The van der Waals surface area contributed by atoms with Crippen molar-refractivity contribution in [2.75, 3.05) is 0 Å². The van der Waals surface area contributed by atoms with Crippen molar-refractivity contribution < 1.29 is 9.13 Å². The van der Waals surface area contributed by atoms with Crippen molar-refractivity contribution in [1.29, 1.82) is 0 Å². The number of nitrogens with zero attached hydrogens (tertiary/aromatic N) is 5. The van der Waals surface area contributed by atoms with Crippen molar-refractivity contribution in [3.8, 4) is 0 Å². The van der Waals surface area contributed by atoms with Crippen LogP contribution in [0.15, 0.2) is 49.1 Å². The van der Waals surface area contributed by atoms with Gasteiger partial charge in [0.2, 0.25) is 0 Å². The second kappa shape index (κ2) is 5.83. The molecule has 3 aromatic rings. The number of pyridine rings is 2. The molecule has 0 fully saturated rings. The van der Waals surface area contributed by atoms with Gasteiger partial charge in [-0.1, -0.05) is 0 Å². The van der Waals surface area contributed by atoms with Crippen LogP contribution in [0.5, 0.6) is 0 Å². The molecule has 0 aliphatic rings. The van der Waals surface area contributed by atoms with Gasteiger partial charge in [-0.05, 0) is 22.8 Å². The van der Waals surface area contributed by atoms with Crippen molar-refractivity contribution in [2.45, 2.75) is 12.8 Å². The zero-order valence-electron chi connectivity index (χ0n) is 12.3. The maximum Gasteiger partial charge on any atom is 0.168 e. The fourth-order valence-electron chi connectivity index (χ4n) is 2.12. The Morgan fingerprint density at radius 2 is 1.14 bits per heavy atom. The first-order valence-electron chi connectivity index (χ1n) is 6.92. The van der Waals surface area contributed by atoms with Crippen molar-refractivity contribution >= 4 is 0 Å². The van der Waals surface area contributed by atoms with Gasteiger partial charge in [0.05, 0.1) is 0 Å². The highest BCUT2D eigenvalue weighted by Gasteiger charge is 2.01. The van der Waals surface area contributed by atoms with Gasteiger partial charge in [0, 0.05) is 37.1 Å². The largest absolute Gasteiger partial charge is 0.366 e. The maximum absolute atomic E-state index is 4.51. The minimum Gasteiger partial charge on any atom is -0.366 e. The molecule has 21 heavy (non-hydrogen) atoms. The third kappa shape index (κ3) is 3.51. The Labute approximate surface area is 123 Å². The summed E-state index contributed by atoms with van der Waals surface area (Å²) >= 11 is 0. The third-order valence-corrected chi connectivity index (χ3v) is 3.36. The van der Waals surface area contributed by atoms with Crippen LogP contribution in [-0.4, -0.2) is 10.2 Å². The maximum atomic E-state index is 4.51. The Kier molecular flexibility index (Phi) is 3.73. The predicted octanol–water partition coefficient (Wildman–Crippen LogP) is 0.264. The molecule has 0 aromatic carbocycles. The van der Waals surface area contributed by atoms with Crippen LogP contribution in [0.4, 0.5) is 0 Å². The first kappa shape index (κ1) is 13.4. The lowest BCUT2D eigenvalue weighted by atomic mass is 10.2. The Bertz CT molecular complexity index is 651. The van der Waals surface area contributed by atoms with Gasteiger partial charge in [-0.2, -0.15) is 0 Å². The molecule has 3 aromatic heterocycles. The second-order valence-electron chi connectivity index (χ2n) is 5.24. The highest BCUT2D eigenvalue weighted by atomic mass is 15.2.